The number of hydrogen-bond acceptors (Lipinski definition) is 3. The maximum Gasteiger partial charge on any atom is 0.254 e. The Balaban J connectivity index is 1.67. The van der Waals surface area contributed by atoms with Gasteiger partial charge in [-0.25, -0.2) is 0 Å². The molecule has 5 nitrogen and oxygen atoms in total. The van der Waals surface area contributed by atoms with Crippen LogP contribution in [0, 0.1) is 12.8 Å². The van der Waals surface area contributed by atoms with Crippen LogP contribution in [-0.2, 0) is 7.05 Å². The monoisotopic (exact) mass is 313 g/mol. The maximum absolute atomic E-state index is 12.9. The summed E-state index contributed by atoms with van der Waals surface area (Å²) in [4.78, 5) is 15.4. The molecule has 1 unspecified atom stereocenters. The number of phenolic OH excluding ortho intramolecular Hbond substituents is 1. The lowest BCUT2D eigenvalue weighted by atomic mass is 9.84. The Labute approximate surface area is 135 Å². The van der Waals surface area contributed by atoms with Crippen LogP contribution in [0.1, 0.15) is 28.9 Å². The number of aromatic nitrogens is 1. The molecular weight excluding hydrogens is 290 g/mol. The molecule has 0 spiro atoms. The summed E-state index contributed by atoms with van der Waals surface area (Å²) in [5, 5.41) is 13.9. The Morgan fingerprint density at radius 3 is 2.70 bits per heavy atom. The highest BCUT2D eigenvalue weighted by Gasteiger charge is 2.35. The van der Waals surface area contributed by atoms with E-state index >= 15 is 0 Å². The number of fused-ring (bicyclic) bond motifs is 4. The third-order valence-electron chi connectivity index (χ3n) is 5.68. The number of amides is 1. The molecule has 1 aromatic heterocycles. The van der Waals surface area contributed by atoms with Gasteiger partial charge in [0, 0.05) is 36.2 Å². The first-order chi connectivity index (χ1) is 11.0. The van der Waals surface area contributed by atoms with Gasteiger partial charge in [0.2, 0.25) is 0 Å². The summed E-state index contributed by atoms with van der Waals surface area (Å²) in [6.07, 6.45) is 2.36. The van der Waals surface area contributed by atoms with E-state index in [1.54, 1.807) is 12.1 Å². The molecule has 0 radical (unpaired) electrons. The predicted octanol–water partition coefficient (Wildman–Crippen LogP) is 2.02. The molecule has 3 saturated heterocycles. The zero-order valence-corrected chi connectivity index (χ0v) is 13.7. The molecular formula is C18H23N3O2. The van der Waals surface area contributed by atoms with E-state index in [0.29, 0.717) is 11.5 Å². The summed E-state index contributed by atoms with van der Waals surface area (Å²) in [7, 11) is 1.96. The summed E-state index contributed by atoms with van der Waals surface area (Å²) < 4.78 is 2.01. The Kier molecular flexibility index (Phi) is 3.34. The highest BCUT2D eigenvalue weighted by Crippen LogP contribution is 2.30. The molecule has 5 heteroatoms. The van der Waals surface area contributed by atoms with Crippen LogP contribution >= 0.6 is 0 Å². The first-order valence-electron chi connectivity index (χ1n) is 8.36. The number of nitrogens with zero attached hydrogens (tertiary/aromatic N) is 2. The topological polar surface area (TPSA) is 57.5 Å². The molecule has 2 bridgehead atoms. The minimum atomic E-state index is -0.0163. The quantitative estimate of drug-likeness (QED) is 0.892. The number of rotatable bonds is 2. The number of carbonyl (C=O) groups excluding carboxylic acids is 1. The molecule has 122 valence electrons. The molecule has 1 atom stereocenters. The van der Waals surface area contributed by atoms with Gasteiger partial charge in [-0.2, -0.15) is 0 Å². The van der Waals surface area contributed by atoms with Gasteiger partial charge in [-0.3, -0.25) is 4.79 Å². The van der Waals surface area contributed by atoms with E-state index in [2.05, 4.69) is 10.2 Å². The molecule has 0 aliphatic carbocycles. The van der Waals surface area contributed by atoms with Crippen LogP contribution in [0.4, 0.5) is 0 Å². The molecule has 23 heavy (non-hydrogen) atoms. The van der Waals surface area contributed by atoms with E-state index in [9.17, 15) is 9.90 Å². The van der Waals surface area contributed by atoms with Crippen molar-refractivity contribution in [1.29, 1.82) is 0 Å². The smallest absolute Gasteiger partial charge is 0.254 e. The van der Waals surface area contributed by atoms with Gasteiger partial charge < -0.3 is 19.9 Å². The van der Waals surface area contributed by atoms with Crippen LogP contribution in [0.5, 0.6) is 5.75 Å². The summed E-state index contributed by atoms with van der Waals surface area (Å²) in [5.74, 6) is 0.782. The zero-order chi connectivity index (χ0) is 16.1. The first-order valence-corrected chi connectivity index (χ1v) is 8.36. The van der Waals surface area contributed by atoms with Crippen molar-refractivity contribution in [3.05, 3.63) is 29.5 Å². The van der Waals surface area contributed by atoms with Gasteiger partial charge >= 0.3 is 0 Å². The van der Waals surface area contributed by atoms with E-state index in [-0.39, 0.29) is 17.7 Å². The lowest BCUT2D eigenvalue weighted by molar-refractivity contribution is 0.0621. The fourth-order valence-electron chi connectivity index (χ4n) is 4.22. The molecule has 0 saturated carbocycles. The average molecular weight is 313 g/mol. The van der Waals surface area contributed by atoms with Crippen LogP contribution in [0.25, 0.3) is 10.9 Å². The number of aromatic hydroxyl groups is 1. The average Bonchev–Trinajstić information content (AvgIpc) is 2.79. The maximum atomic E-state index is 12.9. The molecule has 5 rings (SSSR count). The summed E-state index contributed by atoms with van der Waals surface area (Å²) in [6.45, 7) is 5.25. The standard InChI is InChI=1S/C18H23N3O2/c1-11-17(14-9-13(22)3-4-16(14)20(11)2)18(23)19-15-10-21-7-5-12(15)6-8-21/h3-4,9,12,15,22H,5-8,10H2,1-2H3,(H,19,23). The second kappa shape index (κ2) is 5.27. The number of benzene rings is 1. The second-order valence-electron chi connectivity index (χ2n) is 6.94. The predicted molar refractivity (Wildman–Crippen MR) is 89.7 cm³/mol. The van der Waals surface area contributed by atoms with Crippen molar-refractivity contribution in [3.63, 3.8) is 0 Å². The number of phenols is 1. The van der Waals surface area contributed by atoms with Gasteiger partial charge in [-0.1, -0.05) is 0 Å². The van der Waals surface area contributed by atoms with E-state index in [4.69, 9.17) is 0 Å². The minimum absolute atomic E-state index is 0.0163. The van der Waals surface area contributed by atoms with Crippen molar-refractivity contribution in [2.45, 2.75) is 25.8 Å². The third kappa shape index (κ3) is 2.30. The molecule has 4 heterocycles. The Hall–Kier alpha value is -2.01. The number of aryl methyl sites for hydroxylation is 1. The summed E-state index contributed by atoms with van der Waals surface area (Å²) >= 11 is 0. The Morgan fingerprint density at radius 1 is 1.30 bits per heavy atom. The molecule has 3 aliphatic rings. The highest BCUT2D eigenvalue weighted by atomic mass is 16.3. The molecule has 2 N–H and O–H groups in total. The lowest BCUT2D eigenvalue weighted by Crippen LogP contribution is -2.57. The fourth-order valence-corrected chi connectivity index (χ4v) is 4.22. The largest absolute Gasteiger partial charge is 0.508 e. The summed E-state index contributed by atoms with van der Waals surface area (Å²) in [5.41, 5.74) is 2.60. The van der Waals surface area contributed by atoms with Crippen LogP contribution in [0.2, 0.25) is 0 Å². The number of hydrogen-bond donors (Lipinski definition) is 2. The van der Waals surface area contributed by atoms with Gasteiger partial charge in [-0.05, 0) is 57.0 Å². The number of piperidine rings is 3. The SMILES string of the molecule is Cc1c(C(=O)NC2CN3CCC2CC3)c2cc(O)ccc2n1C. The zero-order valence-electron chi connectivity index (χ0n) is 13.7. The first kappa shape index (κ1) is 14.6. The molecule has 1 aromatic carbocycles. The van der Waals surface area contributed by atoms with E-state index < -0.39 is 0 Å². The number of nitrogens with one attached hydrogen (secondary N) is 1. The van der Waals surface area contributed by atoms with Gasteiger partial charge in [0.15, 0.2) is 0 Å². The molecule has 3 aliphatic heterocycles. The summed E-state index contributed by atoms with van der Waals surface area (Å²) in [6, 6.07) is 5.46. The van der Waals surface area contributed by atoms with E-state index in [0.717, 1.165) is 36.2 Å². The van der Waals surface area contributed by atoms with Crippen LogP contribution in [-0.4, -0.2) is 46.2 Å². The van der Waals surface area contributed by atoms with Gasteiger partial charge in [0.05, 0.1) is 5.56 Å². The van der Waals surface area contributed by atoms with Crippen molar-refractivity contribution in [1.82, 2.24) is 14.8 Å². The van der Waals surface area contributed by atoms with E-state index in [1.165, 1.54) is 12.8 Å². The molecule has 1 amide bonds. The van der Waals surface area contributed by atoms with Crippen molar-refractivity contribution in [3.8, 4) is 5.75 Å². The molecule has 3 fully saturated rings. The third-order valence-corrected chi connectivity index (χ3v) is 5.68. The number of carbonyl (C=O) groups is 1. The Bertz CT molecular complexity index is 772. The van der Waals surface area contributed by atoms with Crippen molar-refractivity contribution < 1.29 is 9.90 Å². The Morgan fingerprint density at radius 2 is 2.04 bits per heavy atom. The van der Waals surface area contributed by atoms with Gasteiger partial charge in [0.25, 0.3) is 5.91 Å². The van der Waals surface area contributed by atoms with Crippen LogP contribution < -0.4 is 5.32 Å². The van der Waals surface area contributed by atoms with Gasteiger partial charge in [-0.15, -0.1) is 0 Å². The fraction of sp³-hybridized carbons (Fsp3) is 0.500. The minimum Gasteiger partial charge on any atom is -0.508 e. The van der Waals surface area contributed by atoms with Crippen LogP contribution in [0.15, 0.2) is 18.2 Å². The van der Waals surface area contributed by atoms with Crippen molar-refractivity contribution in [2.75, 3.05) is 19.6 Å². The lowest BCUT2D eigenvalue weighted by Gasteiger charge is -2.44. The van der Waals surface area contributed by atoms with Crippen molar-refractivity contribution in [2.24, 2.45) is 13.0 Å². The van der Waals surface area contributed by atoms with Gasteiger partial charge in [0.1, 0.15) is 5.75 Å². The highest BCUT2D eigenvalue weighted by molar-refractivity contribution is 6.08. The van der Waals surface area contributed by atoms with Crippen molar-refractivity contribution >= 4 is 16.8 Å². The van der Waals surface area contributed by atoms with E-state index in [1.807, 2.05) is 24.6 Å². The molecule has 2 aromatic rings. The normalized spacial score (nSPS) is 26.6. The van der Waals surface area contributed by atoms with Crippen LogP contribution in [0.3, 0.4) is 0 Å². The second-order valence-corrected chi connectivity index (χ2v) is 6.94.